The predicted molar refractivity (Wildman–Crippen MR) is 104 cm³/mol. The maximum Gasteiger partial charge on any atom is 0.312 e. The summed E-state index contributed by atoms with van der Waals surface area (Å²) in [6.07, 6.45) is 1.21. The van der Waals surface area contributed by atoms with Crippen LogP contribution in [-0.2, 0) is 24.2 Å². The molecular weight excluding hydrogens is 340 g/mol. The van der Waals surface area contributed by atoms with E-state index in [9.17, 15) is 9.59 Å². The molecule has 0 saturated heterocycles. The smallest absolute Gasteiger partial charge is 0.312 e. The van der Waals surface area contributed by atoms with Crippen molar-refractivity contribution in [2.45, 2.75) is 25.4 Å². The van der Waals surface area contributed by atoms with E-state index in [1.54, 1.807) is 4.90 Å². The Morgan fingerprint density at radius 3 is 2.63 bits per heavy atom. The van der Waals surface area contributed by atoms with Gasteiger partial charge in [0.05, 0.1) is 6.54 Å². The minimum absolute atomic E-state index is 0.109. The second-order valence-electron chi connectivity index (χ2n) is 6.89. The summed E-state index contributed by atoms with van der Waals surface area (Å²) in [5.74, 6) is -0.109. The maximum atomic E-state index is 13.1. The molecule has 1 atom stereocenters. The SMILES string of the molecule is NC(=O)NC(Cc1ccccc1)C(=O)N1CCc2c([nH]c3ccccc23)C1. The Morgan fingerprint density at radius 1 is 1.11 bits per heavy atom. The number of nitrogens with zero attached hydrogens (tertiary/aromatic N) is 1. The van der Waals surface area contributed by atoms with Crippen molar-refractivity contribution in [3.8, 4) is 0 Å². The molecule has 0 aliphatic carbocycles. The first-order valence-corrected chi connectivity index (χ1v) is 9.09. The molecule has 3 aromatic rings. The van der Waals surface area contributed by atoms with E-state index in [4.69, 9.17) is 5.73 Å². The molecule has 1 aliphatic heterocycles. The molecule has 4 rings (SSSR count). The molecule has 0 saturated carbocycles. The van der Waals surface area contributed by atoms with E-state index in [1.807, 2.05) is 48.5 Å². The highest BCUT2D eigenvalue weighted by atomic mass is 16.2. The molecule has 6 nitrogen and oxygen atoms in total. The van der Waals surface area contributed by atoms with E-state index in [1.165, 1.54) is 10.9 Å². The number of carbonyl (C=O) groups is 2. The van der Waals surface area contributed by atoms with Gasteiger partial charge in [0.2, 0.25) is 5.91 Å². The van der Waals surface area contributed by atoms with Crippen LogP contribution >= 0.6 is 0 Å². The Hall–Kier alpha value is -3.28. The lowest BCUT2D eigenvalue weighted by Crippen LogP contribution is -2.52. The number of hydrogen-bond donors (Lipinski definition) is 3. The molecule has 0 bridgehead atoms. The van der Waals surface area contributed by atoms with Crippen LogP contribution in [0.3, 0.4) is 0 Å². The van der Waals surface area contributed by atoms with Gasteiger partial charge in [0.25, 0.3) is 0 Å². The predicted octanol–water partition coefficient (Wildman–Crippen LogP) is 2.33. The summed E-state index contributed by atoms with van der Waals surface area (Å²) in [6, 6.07) is 16.5. The lowest BCUT2D eigenvalue weighted by molar-refractivity contribution is -0.134. The number of nitrogens with two attached hydrogens (primary N) is 1. The number of aromatic nitrogens is 1. The number of nitrogens with one attached hydrogen (secondary N) is 2. The number of amides is 3. The summed E-state index contributed by atoms with van der Waals surface area (Å²) >= 11 is 0. The fraction of sp³-hybridized carbons (Fsp3) is 0.238. The van der Waals surface area contributed by atoms with Crippen LogP contribution in [-0.4, -0.2) is 34.4 Å². The Labute approximate surface area is 157 Å². The normalized spacial score (nSPS) is 14.6. The zero-order valence-corrected chi connectivity index (χ0v) is 14.9. The van der Waals surface area contributed by atoms with E-state index < -0.39 is 12.1 Å². The van der Waals surface area contributed by atoms with Gasteiger partial charge < -0.3 is 20.9 Å². The molecule has 27 heavy (non-hydrogen) atoms. The van der Waals surface area contributed by atoms with Crippen LogP contribution in [0.5, 0.6) is 0 Å². The van der Waals surface area contributed by atoms with Gasteiger partial charge in [-0.15, -0.1) is 0 Å². The van der Waals surface area contributed by atoms with Crippen LogP contribution in [0.2, 0.25) is 0 Å². The van der Waals surface area contributed by atoms with Gasteiger partial charge >= 0.3 is 6.03 Å². The van der Waals surface area contributed by atoms with E-state index in [0.717, 1.165) is 23.2 Å². The van der Waals surface area contributed by atoms with Crippen molar-refractivity contribution in [3.63, 3.8) is 0 Å². The van der Waals surface area contributed by atoms with Crippen LogP contribution in [0.25, 0.3) is 10.9 Å². The molecule has 3 amide bonds. The van der Waals surface area contributed by atoms with Gasteiger partial charge in [-0.25, -0.2) is 4.79 Å². The standard InChI is InChI=1S/C21H22N4O2/c22-21(27)24-18(12-14-6-2-1-3-7-14)20(26)25-11-10-16-15-8-4-5-9-17(15)23-19(16)13-25/h1-9,18,23H,10-13H2,(H3,22,24,27). The van der Waals surface area contributed by atoms with Crippen molar-refractivity contribution in [1.29, 1.82) is 0 Å². The maximum absolute atomic E-state index is 13.1. The van der Waals surface area contributed by atoms with E-state index in [2.05, 4.69) is 16.4 Å². The Bertz CT molecular complexity index is 980. The molecule has 2 heterocycles. The number of H-pyrrole nitrogens is 1. The molecule has 4 N–H and O–H groups in total. The third kappa shape index (κ3) is 3.51. The van der Waals surface area contributed by atoms with Crippen LogP contribution in [0.4, 0.5) is 4.79 Å². The first-order valence-electron chi connectivity index (χ1n) is 9.09. The number of urea groups is 1. The molecule has 0 spiro atoms. The highest BCUT2D eigenvalue weighted by molar-refractivity contribution is 5.88. The zero-order valence-electron chi connectivity index (χ0n) is 14.9. The van der Waals surface area contributed by atoms with Crippen LogP contribution in [0, 0.1) is 0 Å². The van der Waals surface area contributed by atoms with Gasteiger partial charge in [-0.05, 0) is 23.6 Å². The second-order valence-corrected chi connectivity index (χ2v) is 6.89. The fourth-order valence-corrected chi connectivity index (χ4v) is 3.82. The highest BCUT2D eigenvalue weighted by Crippen LogP contribution is 2.27. The number of benzene rings is 2. The summed E-state index contributed by atoms with van der Waals surface area (Å²) < 4.78 is 0. The van der Waals surface area contributed by atoms with Gasteiger partial charge in [0.15, 0.2) is 0 Å². The van der Waals surface area contributed by atoms with E-state index in [-0.39, 0.29) is 5.91 Å². The summed E-state index contributed by atoms with van der Waals surface area (Å²) in [4.78, 5) is 29.8. The number of rotatable bonds is 4. The summed E-state index contributed by atoms with van der Waals surface area (Å²) in [6.45, 7) is 1.13. The van der Waals surface area contributed by atoms with Gasteiger partial charge in [0.1, 0.15) is 6.04 Å². The molecular formula is C21H22N4O2. The molecule has 1 unspecified atom stereocenters. The number of primary amides is 1. The van der Waals surface area contributed by atoms with Gasteiger partial charge in [-0.2, -0.15) is 0 Å². The lowest BCUT2D eigenvalue weighted by Gasteiger charge is -2.30. The topological polar surface area (TPSA) is 91.2 Å². The Kier molecular flexibility index (Phi) is 4.54. The molecule has 138 valence electrons. The second kappa shape index (κ2) is 7.15. The van der Waals surface area contributed by atoms with E-state index >= 15 is 0 Å². The minimum atomic E-state index is -0.687. The van der Waals surface area contributed by atoms with Crippen molar-refractivity contribution in [2.24, 2.45) is 5.73 Å². The number of fused-ring (bicyclic) bond motifs is 3. The third-order valence-corrected chi connectivity index (χ3v) is 5.09. The summed E-state index contributed by atoms with van der Waals surface area (Å²) in [5.41, 5.74) is 9.72. The number of aromatic amines is 1. The average Bonchev–Trinajstić information content (AvgIpc) is 3.05. The molecule has 1 aliphatic rings. The van der Waals surface area contributed by atoms with Gasteiger partial charge in [-0.3, -0.25) is 4.79 Å². The Balaban J connectivity index is 1.55. The van der Waals surface area contributed by atoms with E-state index in [0.29, 0.717) is 19.5 Å². The zero-order chi connectivity index (χ0) is 18.8. The Morgan fingerprint density at radius 2 is 1.85 bits per heavy atom. The molecule has 0 fully saturated rings. The van der Waals surface area contributed by atoms with Crippen molar-refractivity contribution < 1.29 is 9.59 Å². The average molecular weight is 362 g/mol. The first-order chi connectivity index (χ1) is 13.1. The first kappa shape index (κ1) is 17.1. The molecule has 1 aromatic heterocycles. The van der Waals surface area contributed by atoms with Crippen LogP contribution in [0.1, 0.15) is 16.8 Å². The van der Waals surface area contributed by atoms with Gasteiger partial charge in [-0.1, -0.05) is 48.5 Å². The van der Waals surface area contributed by atoms with Crippen molar-refractivity contribution in [1.82, 2.24) is 15.2 Å². The summed E-state index contributed by atoms with van der Waals surface area (Å²) in [5, 5.41) is 3.83. The fourth-order valence-electron chi connectivity index (χ4n) is 3.82. The lowest BCUT2D eigenvalue weighted by atomic mass is 10.0. The van der Waals surface area contributed by atoms with Crippen molar-refractivity contribution in [2.75, 3.05) is 6.54 Å². The highest BCUT2D eigenvalue weighted by Gasteiger charge is 2.29. The molecule has 0 radical (unpaired) electrons. The summed E-state index contributed by atoms with van der Waals surface area (Å²) in [7, 11) is 0. The molecule has 6 heteroatoms. The minimum Gasteiger partial charge on any atom is -0.357 e. The van der Waals surface area contributed by atoms with Crippen molar-refractivity contribution >= 4 is 22.8 Å². The number of carbonyl (C=O) groups excluding carboxylic acids is 2. The number of para-hydroxylation sites is 1. The van der Waals surface area contributed by atoms with Gasteiger partial charge in [0, 0.05) is 29.6 Å². The quantitative estimate of drug-likeness (QED) is 0.665. The third-order valence-electron chi connectivity index (χ3n) is 5.09. The van der Waals surface area contributed by atoms with Crippen molar-refractivity contribution in [3.05, 3.63) is 71.4 Å². The largest absolute Gasteiger partial charge is 0.357 e. The number of hydrogen-bond acceptors (Lipinski definition) is 2. The van der Waals surface area contributed by atoms with Crippen LogP contribution in [0.15, 0.2) is 54.6 Å². The monoisotopic (exact) mass is 362 g/mol. The van der Waals surface area contributed by atoms with Crippen LogP contribution < -0.4 is 11.1 Å². The molecule has 2 aromatic carbocycles.